The number of nitrogens with zero attached hydrogens (tertiary/aromatic N) is 1. The molecular formula is C14H19NO2. The Morgan fingerprint density at radius 1 is 1.47 bits per heavy atom. The Hall–Kier alpha value is -1.38. The second-order valence-corrected chi connectivity index (χ2v) is 6.19. The first kappa shape index (κ1) is 12.1. The smallest absolute Gasteiger partial charge is 0.307 e. The Morgan fingerprint density at radius 2 is 2.12 bits per heavy atom. The van der Waals surface area contributed by atoms with Crippen LogP contribution in [0.1, 0.15) is 45.4 Å². The summed E-state index contributed by atoms with van der Waals surface area (Å²) < 4.78 is 0. The van der Waals surface area contributed by atoms with Crippen LogP contribution in [0.2, 0.25) is 0 Å². The van der Waals surface area contributed by atoms with E-state index in [1.165, 1.54) is 0 Å². The molecule has 1 fully saturated rings. The maximum atomic E-state index is 11.0. The van der Waals surface area contributed by atoms with Gasteiger partial charge in [-0.3, -0.25) is 9.78 Å². The number of carbonyl (C=O) groups is 1. The van der Waals surface area contributed by atoms with E-state index >= 15 is 0 Å². The topological polar surface area (TPSA) is 50.2 Å². The van der Waals surface area contributed by atoms with Crippen LogP contribution >= 0.6 is 0 Å². The predicted octanol–water partition coefficient (Wildman–Crippen LogP) is 2.74. The molecule has 0 aromatic carbocycles. The van der Waals surface area contributed by atoms with Crippen molar-refractivity contribution in [2.75, 3.05) is 0 Å². The third-order valence-corrected chi connectivity index (χ3v) is 3.73. The monoisotopic (exact) mass is 233 g/mol. The number of carboxylic acids is 1. The lowest BCUT2D eigenvalue weighted by Crippen LogP contribution is -2.15. The first-order valence-electron chi connectivity index (χ1n) is 5.95. The fourth-order valence-electron chi connectivity index (χ4n) is 2.22. The molecule has 3 heteroatoms. The van der Waals surface area contributed by atoms with E-state index in [0.717, 1.165) is 17.7 Å². The van der Waals surface area contributed by atoms with E-state index in [-0.39, 0.29) is 16.7 Å². The molecule has 0 radical (unpaired) electrons. The Labute approximate surface area is 102 Å². The van der Waals surface area contributed by atoms with Gasteiger partial charge in [0.1, 0.15) is 0 Å². The lowest BCUT2D eigenvalue weighted by Gasteiger charge is -2.19. The van der Waals surface area contributed by atoms with Crippen LogP contribution in [0.3, 0.4) is 0 Å². The van der Waals surface area contributed by atoms with Gasteiger partial charge < -0.3 is 5.11 Å². The average molecular weight is 233 g/mol. The number of pyridine rings is 1. The number of aromatic nitrogens is 1. The zero-order valence-corrected chi connectivity index (χ0v) is 10.8. The number of hydrogen-bond donors (Lipinski definition) is 1. The zero-order valence-electron chi connectivity index (χ0n) is 10.8. The standard InChI is InChI=1S/C14H19NO2/c1-13(2,3)11-6-5-9(8-15-11)14(4)7-10(14)12(16)17/h5-6,8,10H,7H2,1-4H3,(H,16,17). The summed E-state index contributed by atoms with van der Waals surface area (Å²) in [5, 5.41) is 9.01. The molecule has 0 amide bonds. The van der Waals surface area contributed by atoms with Gasteiger partial charge in [0, 0.05) is 22.7 Å². The maximum Gasteiger partial charge on any atom is 0.307 e. The van der Waals surface area contributed by atoms with Crippen LogP contribution in [0.15, 0.2) is 18.3 Å². The van der Waals surface area contributed by atoms with Crippen LogP contribution in [0.5, 0.6) is 0 Å². The molecule has 92 valence electrons. The number of rotatable bonds is 2. The Bertz CT molecular complexity index is 444. The van der Waals surface area contributed by atoms with Crippen molar-refractivity contribution in [2.24, 2.45) is 5.92 Å². The summed E-state index contributed by atoms with van der Waals surface area (Å²) in [6, 6.07) is 4.04. The van der Waals surface area contributed by atoms with Gasteiger partial charge in [-0.1, -0.05) is 33.8 Å². The summed E-state index contributed by atoms with van der Waals surface area (Å²) >= 11 is 0. The van der Waals surface area contributed by atoms with Gasteiger partial charge in [0.05, 0.1) is 5.92 Å². The van der Waals surface area contributed by atoms with E-state index in [1.54, 1.807) is 0 Å². The van der Waals surface area contributed by atoms with E-state index < -0.39 is 5.97 Å². The minimum Gasteiger partial charge on any atom is -0.481 e. The molecule has 0 saturated heterocycles. The number of carboxylic acid groups (broad SMARTS) is 1. The third-order valence-electron chi connectivity index (χ3n) is 3.73. The molecule has 1 aliphatic carbocycles. The fraction of sp³-hybridized carbons (Fsp3) is 0.571. The minimum absolute atomic E-state index is 0.0369. The van der Waals surface area contributed by atoms with Gasteiger partial charge in [0.15, 0.2) is 0 Å². The molecule has 3 nitrogen and oxygen atoms in total. The van der Waals surface area contributed by atoms with E-state index in [0.29, 0.717) is 0 Å². The highest BCUT2D eigenvalue weighted by Crippen LogP contribution is 2.53. The van der Waals surface area contributed by atoms with E-state index in [4.69, 9.17) is 5.11 Å². The minimum atomic E-state index is -0.701. The molecule has 17 heavy (non-hydrogen) atoms. The molecular weight excluding hydrogens is 214 g/mol. The molecule has 1 aromatic heterocycles. The van der Waals surface area contributed by atoms with Crippen LogP contribution in [0, 0.1) is 5.92 Å². The summed E-state index contributed by atoms with van der Waals surface area (Å²) in [6.07, 6.45) is 2.56. The molecule has 2 atom stereocenters. The van der Waals surface area contributed by atoms with Gasteiger partial charge in [-0.2, -0.15) is 0 Å². The maximum absolute atomic E-state index is 11.0. The normalized spacial score (nSPS) is 27.9. The van der Waals surface area contributed by atoms with Crippen molar-refractivity contribution in [3.8, 4) is 0 Å². The number of aliphatic carboxylic acids is 1. The summed E-state index contributed by atoms with van der Waals surface area (Å²) in [5.41, 5.74) is 1.90. The van der Waals surface area contributed by atoms with Crippen molar-refractivity contribution in [1.29, 1.82) is 0 Å². The SMILES string of the molecule is CC(C)(C)c1ccc(C2(C)CC2C(=O)O)cn1. The van der Waals surface area contributed by atoms with Crippen molar-refractivity contribution >= 4 is 5.97 Å². The molecule has 1 heterocycles. The highest BCUT2D eigenvalue weighted by Gasteiger charge is 2.56. The lowest BCUT2D eigenvalue weighted by molar-refractivity contribution is -0.138. The van der Waals surface area contributed by atoms with Crippen molar-refractivity contribution in [3.63, 3.8) is 0 Å². The molecule has 2 rings (SSSR count). The molecule has 0 spiro atoms. The molecule has 1 saturated carbocycles. The average Bonchev–Trinajstić information content (AvgIpc) is 2.92. The molecule has 1 N–H and O–H groups in total. The van der Waals surface area contributed by atoms with Crippen LogP contribution in [0.4, 0.5) is 0 Å². The Kier molecular flexibility index (Phi) is 2.53. The largest absolute Gasteiger partial charge is 0.481 e. The van der Waals surface area contributed by atoms with Gasteiger partial charge in [-0.15, -0.1) is 0 Å². The van der Waals surface area contributed by atoms with Crippen LogP contribution in [0.25, 0.3) is 0 Å². The summed E-state index contributed by atoms with van der Waals surface area (Å²) in [6.45, 7) is 8.36. The molecule has 0 aliphatic heterocycles. The van der Waals surface area contributed by atoms with Crippen LogP contribution < -0.4 is 0 Å². The van der Waals surface area contributed by atoms with Gasteiger partial charge in [-0.05, 0) is 18.1 Å². The van der Waals surface area contributed by atoms with Gasteiger partial charge in [0.2, 0.25) is 0 Å². The third kappa shape index (κ3) is 2.06. The predicted molar refractivity (Wildman–Crippen MR) is 66.0 cm³/mol. The van der Waals surface area contributed by atoms with Gasteiger partial charge in [-0.25, -0.2) is 0 Å². The van der Waals surface area contributed by atoms with Crippen molar-refractivity contribution < 1.29 is 9.90 Å². The van der Waals surface area contributed by atoms with Crippen molar-refractivity contribution in [3.05, 3.63) is 29.6 Å². The highest BCUT2D eigenvalue weighted by atomic mass is 16.4. The van der Waals surface area contributed by atoms with Gasteiger partial charge in [0.25, 0.3) is 0 Å². The van der Waals surface area contributed by atoms with E-state index in [2.05, 4.69) is 25.8 Å². The molecule has 1 aromatic rings. The number of hydrogen-bond acceptors (Lipinski definition) is 2. The lowest BCUT2D eigenvalue weighted by atomic mass is 9.90. The van der Waals surface area contributed by atoms with Crippen LogP contribution in [-0.2, 0) is 15.6 Å². The summed E-state index contributed by atoms with van der Waals surface area (Å²) in [7, 11) is 0. The first-order chi connectivity index (χ1) is 7.75. The van der Waals surface area contributed by atoms with Gasteiger partial charge >= 0.3 is 5.97 Å². The second kappa shape index (κ2) is 3.56. The second-order valence-electron chi connectivity index (χ2n) is 6.19. The molecule has 0 bridgehead atoms. The van der Waals surface area contributed by atoms with Crippen molar-refractivity contribution in [2.45, 2.75) is 44.9 Å². The Morgan fingerprint density at radius 3 is 2.47 bits per heavy atom. The fourth-order valence-corrected chi connectivity index (χ4v) is 2.22. The van der Waals surface area contributed by atoms with E-state index in [9.17, 15) is 4.79 Å². The quantitative estimate of drug-likeness (QED) is 0.854. The molecule has 1 aliphatic rings. The zero-order chi connectivity index (χ0) is 12.8. The Balaban J connectivity index is 2.23. The van der Waals surface area contributed by atoms with Crippen LogP contribution in [-0.4, -0.2) is 16.1 Å². The first-order valence-corrected chi connectivity index (χ1v) is 5.95. The summed E-state index contributed by atoms with van der Waals surface area (Å²) in [5.74, 6) is -0.947. The molecule has 2 unspecified atom stereocenters. The summed E-state index contributed by atoms with van der Waals surface area (Å²) in [4.78, 5) is 15.4. The highest BCUT2D eigenvalue weighted by molar-refractivity contribution is 5.76. The van der Waals surface area contributed by atoms with E-state index in [1.807, 2.05) is 25.3 Å². The van der Waals surface area contributed by atoms with Crippen molar-refractivity contribution in [1.82, 2.24) is 4.98 Å².